The Bertz CT molecular complexity index is 159. The maximum absolute atomic E-state index is 10.7. The summed E-state index contributed by atoms with van der Waals surface area (Å²) in [5, 5.41) is 9.37. The fourth-order valence-corrected chi connectivity index (χ4v) is 1.57. The van der Waals surface area contributed by atoms with E-state index in [1.165, 1.54) is 0 Å². The Hall–Kier alpha value is -0.410. The molecule has 0 aromatic heterocycles. The third-order valence-corrected chi connectivity index (χ3v) is 2.54. The van der Waals surface area contributed by atoms with E-state index in [2.05, 4.69) is 32.6 Å². The molecule has 3 heteroatoms. The molecule has 2 unspecified atom stereocenters. The molecule has 0 aromatic carbocycles. The molecule has 0 aliphatic carbocycles. The van der Waals surface area contributed by atoms with Crippen LogP contribution in [0.15, 0.2) is 0 Å². The molecule has 0 aliphatic rings. The predicted octanol–water partition coefficient (Wildman–Crippen LogP) is 1.30. The molecule has 0 amide bonds. The Balaban J connectivity index is 4.34. The normalized spacial score (nSPS) is 16.4. The predicted molar refractivity (Wildman–Crippen MR) is 58.2 cm³/mol. The van der Waals surface area contributed by atoms with Crippen LogP contribution in [0.1, 0.15) is 34.6 Å². The number of carbonyl (C=O) groups excluding carboxylic acids is 1. The number of hydrogen-bond donors (Lipinski definition) is 1. The van der Waals surface area contributed by atoms with Gasteiger partial charge in [0.05, 0.1) is 12.0 Å². The zero-order chi connectivity index (χ0) is 11.3. The zero-order valence-electron chi connectivity index (χ0n) is 9.90. The molecule has 0 radical (unpaired) electrons. The summed E-state index contributed by atoms with van der Waals surface area (Å²) in [5.74, 6) is -0.278. The largest absolute Gasteiger partial charge is 0.393 e. The second kappa shape index (κ2) is 6.14. The van der Waals surface area contributed by atoms with Gasteiger partial charge in [-0.25, -0.2) is 0 Å². The number of hydrogen-bond acceptors (Lipinski definition) is 3. The quantitative estimate of drug-likeness (QED) is 0.659. The molecule has 0 spiro atoms. The molecule has 1 N–H and O–H groups in total. The second-order valence-corrected chi connectivity index (χ2v) is 4.42. The van der Waals surface area contributed by atoms with Gasteiger partial charge in [-0.2, -0.15) is 0 Å². The fourth-order valence-electron chi connectivity index (χ4n) is 1.57. The van der Waals surface area contributed by atoms with E-state index in [9.17, 15) is 9.90 Å². The van der Waals surface area contributed by atoms with Crippen molar-refractivity contribution in [3.8, 4) is 0 Å². The molecule has 0 heterocycles. The van der Waals surface area contributed by atoms with Crippen LogP contribution >= 0.6 is 0 Å². The monoisotopic (exact) mass is 201 g/mol. The van der Waals surface area contributed by atoms with Gasteiger partial charge in [0.2, 0.25) is 0 Å². The minimum absolute atomic E-state index is 0.278. The number of aliphatic hydroxyl groups is 1. The van der Waals surface area contributed by atoms with E-state index in [1.54, 1.807) is 6.92 Å². The lowest BCUT2D eigenvalue weighted by atomic mass is 10.0. The van der Waals surface area contributed by atoms with Crippen molar-refractivity contribution in [1.29, 1.82) is 0 Å². The van der Waals surface area contributed by atoms with Gasteiger partial charge in [0.1, 0.15) is 6.29 Å². The van der Waals surface area contributed by atoms with E-state index >= 15 is 0 Å². The highest BCUT2D eigenvalue weighted by molar-refractivity contribution is 5.54. The first-order chi connectivity index (χ1) is 6.40. The van der Waals surface area contributed by atoms with Crippen LogP contribution < -0.4 is 0 Å². The summed E-state index contributed by atoms with van der Waals surface area (Å²) in [6.07, 6.45) is 0.287. The first-order valence-electron chi connectivity index (χ1n) is 5.29. The molecular weight excluding hydrogens is 178 g/mol. The average molecular weight is 201 g/mol. The fraction of sp³-hybridized carbons (Fsp3) is 0.909. The Morgan fingerprint density at radius 1 is 1.14 bits per heavy atom. The van der Waals surface area contributed by atoms with E-state index < -0.39 is 6.10 Å². The molecule has 84 valence electrons. The number of rotatable bonds is 6. The number of nitrogens with zero attached hydrogens (tertiary/aromatic N) is 1. The smallest absolute Gasteiger partial charge is 0.126 e. The van der Waals surface area contributed by atoms with E-state index in [1.807, 2.05) is 0 Å². The molecule has 0 saturated heterocycles. The molecule has 0 aromatic rings. The highest BCUT2D eigenvalue weighted by atomic mass is 16.3. The van der Waals surface area contributed by atoms with Gasteiger partial charge in [0.25, 0.3) is 0 Å². The summed E-state index contributed by atoms with van der Waals surface area (Å²) in [6, 6.07) is 0.799. The van der Waals surface area contributed by atoms with Crippen LogP contribution in [0.2, 0.25) is 0 Å². The summed E-state index contributed by atoms with van der Waals surface area (Å²) in [6.45, 7) is 10.7. The Morgan fingerprint density at radius 3 is 1.79 bits per heavy atom. The SMILES string of the molecule is CC(O)C(C=O)CN(C(C)C)C(C)C. The van der Waals surface area contributed by atoms with Crippen LogP contribution in [0.25, 0.3) is 0 Å². The van der Waals surface area contributed by atoms with Crippen LogP contribution in [0.3, 0.4) is 0 Å². The Labute approximate surface area is 87.1 Å². The molecule has 0 rings (SSSR count). The van der Waals surface area contributed by atoms with Crippen molar-refractivity contribution in [2.45, 2.75) is 52.8 Å². The van der Waals surface area contributed by atoms with Crippen LogP contribution in [0.5, 0.6) is 0 Å². The molecule has 14 heavy (non-hydrogen) atoms. The van der Waals surface area contributed by atoms with Crippen LogP contribution in [-0.4, -0.2) is 41.0 Å². The van der Waals surface area contributed by atoms with Gasteiger partial charge >= 0.3 is 0 Å². The first kappa shape index (κ1) is 13.6. The van der Waals surface area contributed by atoms with Gasteiger partial charge in [0, 0.05) is 18.6 Å². The minimum atomic E-state index is -0.563. The van der Waals surface area contributed by atoms with Gasteiger partial charge in [-0.15, -0.1) is 0 Å². The van der Waals surface area contributed by atoms with Crippen LogP contribution in [0, 0.1) is 5.92 Å². The molecule has 0 bridgehead atoms. The lowest BCUT2D eigenvalue weighted by molar-refractivity contribution is -0.115. The summed E-state index contributed by atoms with van der Waals surface area (Å²) in [7, 11) is 0. The highest BCUT2D eigenvalue weighted by Crippen LogP contribution is 2.10. The third-order valence-electron chi connectivity index (χ3n) is 2.54. The van der Waals surface area contributed by atoms with E-state index in [0.717, 1.165) is 6.29 Å². The number of aldehydes is 1. The van der Waals surface area contributed by atoms with Crippen LogP contribution in [-0.2, 0) is 4.79 Å². The van der Waals surface area contributed by atoms with Crippen molar-refractivity contribution in [3.63, 3.8) is 0 Å². The molecule has 0 saturated carbocycles. The van der Waals surface area contributed by atoms with E-state index in [0.29, 0.717) is 18.6 Å². The van der Waals surface area contributed by atoms with Crippen LogP contribution in [0.4, 0.5) is 0 Å². The maximum atomic E-state index is 10.7. The van der Waals surface area contributed by atoms with Crippen molar-refractivity contribution in [1.82, 2.24) is 4.90 Å². The summed E-state index contributed by atoms with van der Waals surface area (Å²) in [5.41, 5.74) is 0. The lowest BCUT2D eigenvalue weighted by Gasteiger charge is -2.33. The van der Waals surface area contributed by atoms with Crippen molar-refractivity contribution in [3.05, 3.63) is 0 Å². The van der Waals surface area contributed by atoms with Gasteiger partial charge in [-0.05, 0) is 34.6 Å². The molecule has 2 atom stereocenters. The summed E-state index contributed by atoms with van der Waals surface area (Å²) in [4.78, 5) is 13.0. The first-order valence-corrected chi connectivity index (χ1v) is 5.29. The molecule has 0 fully saturated rings. The zero-order valence-corrected chi connectivity index (χ0v) is 9.90. The van der Waals surface area contributed by atoms with E-state index in [-0.39, 0.29) is 5.92 Å². The van der Waals surface area contributed by atoms with Gasteiger partial charge in [-0.1, -0.05) is 0 Å². The van der Waals surface area contributed by atoms with Crippen molar-refractivity contribution in [2.75, 3.05) is 6.54 Å². The number of aliphatic hydroxyl groups excluding tert-OH is 1. The van der Waals surface area contributed by atoms with E-state index in [4.69, 9.17) is 0 Å². The van der Waals surface area contributed by atoms with Gasteiger partial charge < -0.3 is 9.90 Å². The van der Waals surface area contributed by atoms with Crippen molar-refractivity contribution in [2.24, 2.45) is 5.92 Å². The average Bonchev–Trinajstić information content (AvgIpc) is 2.03. The number of carbonyl (C=O) groups is 1. The standard InChI is InChI=1S/C11H23NO2/c1-8(2)12(9(3)4)6-11(7-13)10(5)14/h7-11,14H,6H2,1-5H3. The van der Waals surface area contributed by atoms with Crippen molar-refractivity contribution >= 4 is 6.29 Å². The Kier molecular flexibility index (Phi) is 5.96. The topological polar surface area (TPSA) is 40.5 Å². The summed E-state index contributed by atoms with van der Waals surface area (Å²) >= 11 is 0. The molecule has 3 nitrogen and oxygen atoms in total. The third kappa shape index (κ3) is 4.20. The van der Waals surface area contributed by atoms with Gasteiger partial charge in [0.15, 0.2) is 0 Å². The second-order valence-electron chi connectivity index (χ2n) is 4.42. The minimum Gasteiger partial charge on any atom is -0.393 e. The summed E-state index contributed by atoms with van der Waals surface area (Å²) < 4.78 is 0. The highest BCUT2D eigenvalue weighted by Gasteiger charge is 2.21. The molecule has 0 aliphatic heterocycles. The van der Waals surface area contributed by atoms with Crippen molar-refractivity contribution < 1.29 is 9.90 Å². The van der Waals surface area contributed by atoms with Gasteiger partial charge in [-0.3, -0.25) is 4.90 Å². The Morgan fingerprint density at radius 2 is 1.57 bits per heavy atom. The maximum Gasteiger partial charge on any atom is 0.126 e. The lowest BCUT2D eigenvalue weighted by Crippen LogP contribution is -2.43. The molecular formula is C11H23NO2.